The van der Waals surface area contributed by atoms with E-state index < -0.39 is 6.10 Å². The number of unbranched alkanes of at least 4 members (excludes halogenated alkanes) is 6. The van der Waals surface area contributed by atoms with Crippen LogP contribution in [0.1, 0.15) is 77.6 Å². The van der Waals surface area contributed by atoms with E-state index in [1.807, 2.05) is 0 Å². The molecule has 0 rings (SSSR count). The number of rotatable bonds is 12. The minimum absolute atomic E-state index is 0.140. The van der Waals surface area contributed by atoms with Crippen LogP contribution >= 0.6 is 0 Å². The molecule has 0 aliphatic carbocycles. The fourth-order valence-electron chi connectivity index (χ4n) is 2.06. The Labute approximate surface area is 147 Å². The fourth-order valence-corrected chi connectivity index (χ4v) is 2.06. The number of aliphatic hydroxyl groups is 1. The van der Waals surface area contributed by atoms with E-state index in [0.717, 1.165) is 64.2 Å². The van der Waals surface area contributed by atoms with Crippen LogP contribution in [0, 0.1) is 23.7 Å². The first-order valence-corrected chi connectivity index (χ1v) is 9.09. The van der Waals surface area contributed by atoms with Gasteiger partial charge >= 0.3 is 5.97 Å². The first-order valence-electron chi connectivity index (χ1n) is 9.09. The smallest absolute Gasteiger partial charge is 0.305 e. The van der Waals surface area contributed by atoms with E-state index in [1.54, 1.807) is 0 Å². The summed E-state index contributed by atoms with van der Waals surface area (Å²) in [5.41, 5.74) is 0. The quantitative estimate of drug-likeness (QED) is 0.249. The summed E-state index contributed by atoms with van der Waals surface area (Å²) in [6.45, 7) is 2.14. The maximum Gasteiger partial charge on any atom is 0.305 e. The molecule has 0 aromatic rings. The normalized spacial score (nSPS) is 11.3. The van der Waals surface area contributed by atoms with Gasteiger partial charge in [-0.3, -0.25) is 4.79 Å². The lowest BCUT2D eigenvalue weighted by molar-refractivity contribution is -0.140. The zero-order chi connectivity index (χ0) is 17.9. The van der Waals surface area contributed by atoms with Crippen LogP contribution in [0.25, 0.3) is 0 Å². The lowest BCUT2D eigenvalue weighted by Gasteiger charge is -2.00. The second kappa shape index (κ2) is 17.6. The molecule has 0 spiro atoms. The number of aliphatic hydroxyl groups excluding tert-OH is 1. The molecule has 1 N–H and O–H groups in total. The third-order valence-electron chi connectivity index (χ3n) is 3.54. The molecule has 0 aromatic heterocycles. The first-order chi connectivity index (χ1) is 11.7. The summed E-state index contributed by atoms with van der Waals surface area (Å²) in [4.78, 5) is 10.9. The maximum absolute atomic E-state index is 10.9. The van der Waals surface area contributed by atoms with Crippen molar-refractivity contribution in [3.05, 3.63) is 12.2 Å². The molecule has 0 saturated heterocycles. The molecule has 0 saturated carbocycles. The minimum Gasteiger partial charge on any atom is -0.469 e. The largest absolute Gasteiger partial charge is 0.469 e. The molecule has 0 bridgehead atoms. The Morgan fingerprint density at radius 3 is 2.54 bits per heavy atom. The monoisotopic (exact) mass is 332 g/mol. The molecule has 0 radical (unpaired) electrons. The standard InChI is InChI=1S/C21H32O3/c1-3-4-14-17-20(22)18-15-12-10-8-6-5-7-9-11-13-16-19-21(23)24-2/h9,11,20,22H,3-8,13-14,16-17,19H2,1-2H3/b11-9+. The summed E-state index contributed by atoms with van der Waals surface area (Å²) in [7, 11) is 1.42. The molecule has 134 valence electrons. The third-order valence-corrected chi connectivity index (χ3v) is 3.54. The van der Waals surface area contributed by atoms with Crippen LogP contribution in [0.15, 0.2) is 12.2 Å². The number of hydrogen-bond acceptors (Lipinski definition) is 3. The van der Waals surface area contributed by atoms with Crippen molar-refractivity contribution in [2.75, 3.05) is 7.11 Å². The van der Waals surface area contributed by atoms with Gasteiger partial charge in [0.25, 0.3) is 0 Å². The van der Waals surface area contributed by atoms with Crippen molar-refractivity contribution in [3.63, 3.8) is 0 Å². The minimum atomic E-state index is -0.532. The highest BCUT2D eigenvalue weighted by atomic mass is 16.5. The Kier molecular flexibility index (Phi) is 16.4. The summed E-state index contributed by atoms with van der Waals surface area (Å²) in [5, 5.41) is 9.61. The van der Waals surface area contributed by atoms with E-state index in [0.29, 0.717) is 6.42 Å². The highest BCUT2D eigenvalue weighted by molar-refractivity contribution is 5.69. The molecule has 1 atom stereocenters. The number of carbonyl (C=O) groups excluding carboxylic acids is 1. The van der Waals surface area contributed by atoms with Crippen LogP contribution < -0.4 is 0 Å². The van der Waals surface area contributed by atoms with Crippen LogP contribution in [0.5, 0.6) is 0 Å². The molecule has 3 heteroatoms. The summed E-state index contributed by atoms with van der Waals surface area (Å²) >= 11 is 0. The van der Waals surface area contributed by atoms with Gasteiger partial charge in [-0.25, -0.2) is 0 Å². The molecular weight excluding hydrogens is 300 g/mol. The van der Waals surface area contributed by atoms with Gasteiger partial charge in [0.1, 0.15) is 6.10 Å². The van der Waals surface area contributed by atoms with Crippen molar-refractivity contribution < 1.29 is 14.6 Å². The molecule has 3 nitrogen and oxygen atoms in total. The van der Waals surface area contributed by atoms with Crippen molar-refractivity contribution in [1.82, 2.24) is 0 Å². The second-order valence-corrected chi connectivity index (χ2v) is 5.77. The van der Waals surface area contributed by atoms with Gasteiger partial charge in [-0.2, -0.15) is 0 Å². The average molecular weight is 332 g/mol. The first kappa shape index (κ1) is 22.3. The van der Waals surface area contributed by atoms with Gasteiger partial charge in [0.15, 0.2) is 0 Å². The van der Waals surface area contributed by atoms with Gasteiger partial charge in [0.05, 0.1) is 7.11 Å². The fraction of sp³-hybridized carbons (Fsp3) is 0.667. The molecule has 0 heterocycles. The predicted octanol–water partition coefficient (Wildman–Crippen LogP) is 4.39. The molecule has 0 aliphatic rings. The van der Waals surface area contributed by atoms with Crippen molar-refractivity contribution in [2.24, 2.45) is 0 Å². The van der Waals surface area contributed by atoms with E-state index >= 15 is 0 Å². The Hall–Kier alpha value is -1.71. The number of carbonyl (C=O) groups is 1. The van der Waals surface area contributed by atoms with Gasteiger partial charge in [-0.1, -0.05) is 43.8 Å². The molecule has 0 aliphatic heterocycles. The van der Waals surface area contributed by atoms with E-state index in [2.05, 4.69) is 47.5 Å². The Morgan fingerprint density at radius 1 is 1.08 bits per heavy atom. The van der Waals surface area contributed by atoms with Crippen LogP contribution in [-0.4, -0.2) is 24.3 Å². The lowest BCUT2D eigenvalue weighted by atomic mass is 10.1. The van der Waals surface area contributed by atoms with Gasteiger partial charge in [-0.15, -0.1) is 0 Å². The average Bonchev–Trinajstić information content (AvgIpc) is 2.58. The third kappa shape index (κ3) is 16.7. The molecular formula is C21H32O3. The van der Waals surface area contributed by atoms with Crippen LogP contribution in [0.3, 0.4) is 0 Å². The zero-order valence-corrected chi connectivity index (χ0v) is 15.3. The lowest BCUT2D eigenvalue weighted by Crippen LogP contribution is -2.01. The molecule has 1 unspecified atom stereocenters. The van der Waals surface area contributed by atoms with Crippen LogP contribution in [0.4, 0.5) is 0 Å². The Morgan fingerprint density at radius 2 is 1.83 bits per heavy atom. The van der Waals surface area contributed by atoms with E-state index in [9.17, 15) is 9.90 Å². The molecule has 0 aromatic carbocycles. The summed E-state index contributed by atoms with van der Waals surface area (Å²) in [6, 6.07) is 0. The van der Waals surface area contributed by atoms with Crippen molar-refractivity contribution in [3.8, 4) is 23.7 Å². The summed E-state index contributed by atoms with van der Waals surface area (Å²) < 4.78 is 4.59. The molecule has 0 fully saturated rings. The van der Waals surface area contributed by atoms with E-state index in [1.165, 1.54) is 7.11 Å². The maximum atomic E-state index is 10.9. The topological polar surface area (TPSA) is 46.5 Å². The second-order valence-electron chi connectivity index (χ2n) is 5.77. The van der Waals surface area contributed by atoms with Gasteiger partial charge < -0.3 is 9.84 Å². The van der Waals surface area contributed by atoms with Crippen molar-refractivity contribution in [2.45, 2.75) is 83.7 Å². The zero-order valence-electron chi connectivity index (χ0n) is 15.3. The summed E-state index contributed by atoms with van der Waals surface area (Å²) in [6.07, 6.45) is 14.1. The van der Waals surface area contributed by atoms with Crippen LogP contribution in [0.2, 0.25) is 0 Å². The Balaban J connectivity index is 3.52. The van der Waals surface area contributed by atoms with Crippen molar-refractivity contribution >= 4 is 5.97 Å². The number of ether oxygens (including phenoxy) is 1. The van der Waals surface area contributed by atoms with Crippen molar-refractivity contribution in [1.29, 1.82) is 0 Å². The highest BCUT2D eigenvalue weighted by Crippen LogP contribution is 2.03. The Bertz CT molecular complexity index is 457. The number of esters is 1. The molecule has 24 heavy (non-hydrogen) atoms. The highest BCUT2D eigenvalue weighted by Gasteiger charge is 1.97. The summed E-state index contributed by atoms with van der Waals surface area (Å²) in [5.74, 6) is 11.2. The molecule has 0 amide bonds. The van der Waals surface area contributed by atoms with Gasteiger partial charge in [0.2, 0.25) is 0 Å². The van der Waals surface area contributed by atoms with Gasteiger partial charge in [0, 0.05) is 12.8 Å². The number of allylic oxidation sites excluding steroid dienone is 2. The van der Waals surface area contributed by atoms with Crippen LogP contribution in [-0.2, 0) is 9.53 Å². The number of methoxy groups -OCH3 is 1. The van der Waals surface area contributed by atoms with E-state index in [4.69, 9.17) is 0 Å². The SMILES string of the molecule is CCCCCC(O)C#CC#CCCCC/C=C/CCCC(=O)OC. The van der Waals surface area contributed by atoms with E-state index in [-0.39, 0.29) is 5.97 Å². The predicted molar refractivity (Wildman–Crippen MR) is 99.2 cm³/mol. The van der Waals surface area contributed by atoms with Gasteiger partial charge in [-0.05, 0) is 56.8 Å². The number of hydrogen-bond donors (Lipinski definition) is 1.